The zero-order chi connectivity index (χ0) is 24.7. The number of nitrogens with zero attached hydrogens (tertiary/aromatic N) is 1. The number of ketones is 1. The lowest BCUT2D eigenvalue weighted by atomic mass is 9.94. The Bertz CT molecular complexity index is 1350. The molecule has 1 unspecified atom stereocenters. The fraction of sp³-hybridized carbons (Fsp3) is 0.120. The minimum Gasteiger partial charge on any atom is -0.507 e. The number of aryl methyl sites for hydroxylation is 1. The van der Waals surface area contributed by atoms with Crippen LogP contribution in [0, 0.1) is 6.92 Å². The molecule has 1 atom stereocenters. The van der Waals surface area contributed by atoms with Crippen molar-refractivity contribution in [2.24, 2.45) is 0 Å². The molecule has 3 aromatic rings. The summed E-state index contributed by atoms with van der Waals surface area (Å²) >= 11 is 24.7. The summed E-state index contributed by atoms with van der Waals surface area (Å²) < 4.78 is 5.16. The number of benzene rings is 3. The standard InChI is InChI=1S/C25H17Cl4NO4/c1-12-4-3-5-13(8-12)21-20(22(31)14-9-18(28)24(34-2)19(29)10-14)23(32)25(33)30(21)15-6-7-16(26)17(27)11-15/h3-11,21,31H,1-2H3/b22-20+. The van der Waals surface area contributed by atoms with Crippen molar-refractivity contribution in [3.05, 3.63) is 97.0 Å². The average molecular weight is 537 g/mol. The number of ether oxygens (including phenoxy) is 1. The highest BCUT2D eigenvalue weighted by Crippen LogP contribution is 2.44. The SMILES string of the molecule is COc1c(Cl)cc(/C(O)=C2\C(=O)C(=O)N(c3ccc(Cl)c(Cl)c3)C2c2cccc(C)c2)cc1Cl. The number of carbonyl (C=O) groups excluding carboxylic acids is 2. The van der Waals surface area contributed by atoms with Gasteiger partial charge >= 0.3 is 0 Å². The number of anilines is 1. The van der Waals surface area contributed by atoms with Crippen LogP contribution in [0.3, 0.4) is 0 Å². The van der Waals surface area contributed by atoms with Crippen molar-refractivity contribution in [3.8, 4) is 5.75 Å². The maximum atomic E-state index is 13.3. The zero-order valence-electron chi connectivity index (χ0n) is 17.9. The van der Waals surface area contributed by atoms with E-state index in [1.807, 2.05) is 19.1 Å². The van der Waals surface area contributed by atoms with Gasteiger partial charge < -0.3 is 9.84 Å². The van der Waals surface area contributed by atoms with Gasteiger partial charge in [0, 0.05) is 11.3 Å². The molecule has 5 nitrogen and oxygen atoms in total. The molecule has 4 rings (SSSR count). The highest BCUT2D eigenvalue weighted by Gasteiger charge is 2.47. The van der Waals surface area contributed by atoms with Gasteiger partial charge in [-0.3, -0.25) is 14.5 Å². The van der Waals surface area contributed by atoms with Crippen LogP contribution in [0.25, 0.3) is 5.76 Å². The molecular weight excluding hydrogens is 520 g/mol. The molecule has 0 radical (unpaired) electrons. The van der Waals surface area contributed by atoms with Crippen LogP contribution in [-0.2, 0) is 9.59 Å². The largest absolute Gasteiger partial charge is 0.507 e. The van der Waals surface area contributed by atoms with E-state index in [9.17, 15) is 14.7 Å². The predicted octanol–water partition coefficient (Wildman–Crippen LogP) is 7.24. The van der Waals surface area contributed by atoms with Gasteiger partial charge in [-0.2, -0.15) is 0 Å². The number of amides is 1. The first-order valence-corrected chi connectivity index (χ1v) is 11.5. The summed E-state index contributed by atoms with van der Waals surface area (Å²) in [5, 5.41) is 12.1. The van der Waals surface area contributed by atoms with Crippen LogP contribution < -0.4 is 9.64 Å². The second-order valence-electron chi connectivity index (χ2n) is 7.65. The molecule has 0 aromatic heterocycles. The van der Waals surface area contributed by atoms with E-state index in [-0.39, 0.29) is 32.0 Å². The van der Waals surface area contributed by atoms with E-state index in [0.717, 1.165) is 5.56 Å². The summed E-state index contributed by atoms with van der Waals surface area (Å²) in [7, 11) is 1.41. The molecule has 0 spiro atoms. The van der Waals surface area contributed by atoms with Crippen LogP contribution in [0.4, 0.5) is 5.69 Å². The minimum absolute atomic E-state index is 0.112. The maximum absolute atomic E-state index is 13.3. The summed E-state index contributed by atoms with van der Waals surface area (Å²) in [5.41, 5.74) is 1.94. The third-order valence-corrected chi connectivity index (χ3v) is 6.76. The van der Waals surface area contributed by atoms with E-state index in [2.05, 4.69) is 0 Å². The molecule has 1 aliphatic rings. The van der Waals surface area contributed by atoms with Crippen molar-refractivity contribution >= 4 is 69.5 Å². The van der Waals surface area contributed by atoms with Gasteiger partial charge in [-0.1, -0.05) is 76.2 Å². The summed E-state index contributed by atoms with van der Waals surface area (Å²) in [6.45, 7) is 1.89. The normalized spacial score (nSPS) is 17.4. The number of carbonyl (C=O) groups is 2. The Labute approximate surface area is 216 Å². The van der Waals surface area contributed by atoms with Gasteiger partial charge in [0.2, 0.25) is 0 Å². The Morgan fingerprint density at radius 3 is 2.18 bits per heavy atom. The van der Waals surface area contributed by atoms with Crippen LogP contribution in [-0.4, -0.2) is 23.9 Å². The molecule has 0 aliphatic carbocycles. The van der Waals surface area contributed by atoms with Gasteiger partial charge in [-0.25, -0.2) is 0 Å². The van der Waals surface area contributed by atoms with Gasteiger partial charge in [0.25, 0.3) is 11.7 Å². The van der Waals surface area contributed by atoms with Gasteiger partial charge in [0.05, 0.1) is 38.8 Å². The first kappa shape index (κ1) is 24.4. The summed E-state index contributed by atoms with van der Waals surface area (Å²) in [5.74, 6) is -1.87. The molecular formula is C25H17Cl4NO4. The van der Waals surface area contributed by atoms with Crippen molar-refractivity contribution < 1.29 is 19.4 Å². The number of aliphatic hydroxyl groups is 1. The molecule has 9 heteroatoms. The lowest BCUT2D eigenvalue weighted by Crippen LogP contribution is -2.29. The monoisotopic (exact) mass is 535 g/mol. The third kappa shape index (κ3) is 4.25. The fourth-order valence-electron chi connectivity index (χ4n) is 3.94. The molecule has 1 saturated heterocycles. The highest BCUT2D eigenvalue weighted by atomic mass is 35.5. The van der Waals surface area contributed by atoms with Crippen molar-refractivity contribution in [3.63, 3.8) is 0 Å². The highest BCUT2D eigenvalue weighted by molar-refractivity contribution is 6.52. The Balaban J connectivity index is 1.98. The number of halogens is 4. The van der Waals surface area contributed by atoms with Crippen LogP contribution in [0.5, 0.6) is 5.75 Å². The Kier molecular flexibility index (Phi) is 6.83. The van der Waals surface area contributed by atoms with E-state index in [4.69, 9.17) is 51.1 Å². The van der Waals surface area contributed by atoms with Crippen molar-refractivity contribution in [1.82, 2.24) is 0 Å². The first-order chi connectivity index (χ1) is 16.1. The molecule has 1 amide bonds. The maximum Gasteiger partial charge on any atom is 0.300 e. The molecule has 0 bridgehead atoms. The summed E-state index contributed by atoms with van der Waals surface area (Å²) in [6, 6.07) is 13.8. The van der Waals surface area contributed by atoms with Gasteiger partial charge in [0.1, 0.15) is 5.76 Å². The van der Waals surface area contributed by atoms with Crippen molar-refractivity contribution in [2.45, 2.75) is 13.0 Å². The zero-order valence-corrected chi connectivity index (χ0v) is 20.9. The number of rotatable bonds is 4. The van der Waals surface area contributed by atoms with Crippen LogP contribution in [0.2, 0.25) is 20.1 Å². The number of Topliss-reactive ketones (excluding diaryl/α,β-unsaturated/α-hetero) is 1. The van der Waals surface area contributed by atoms with E-state index in [1.54, 1.807) is 18.2 Å². The minimum atomic E-state index is -0.934. The van der Waals surface area contributed by atoms with Crippen LogP contribution >= 0.6 is 46.4 Å². The Morgan fingerprint density at radius 2 is 1.59 bits per heavy atom. The lowest BCUT2D eigenvalue weighted by Gasteiger charge is -2.26. The molecule has 1 N–H and O–H groups in total. The van der Waals surface area contributed by atoms with Gasteiger partial charge in [-0.05, 0) is 42.8 Å². The van der Waals surface area contributed by atoms with E-state index in [0.29, 0.717) is 16.3 Å². The average Bonchev–Trinajstić information content (AvgIpc) is 3.05. The molecule has 1 aliphatic heterocycles. The molecule has 1 fully saturated rings. The quantitative estimate of drug-likeness (QED) is 0.217. The second-order valence-corrected chi connectivity index (χ2v) is 9.28. The molecule has 1 heterocycles. The third-order valence-electron chi connectivity index (χ3n) is 5.46. The van der Waals surface area contributed by atoms with Gasteiger partial charge in [0.15, 0.2) is 5.75 Å². The van der Waals surface area contributed by atoms with E-state index in [1.165, 1.54) is 36.3 Å². The smallest absolute Gasteiger partial charge is 0.300 e. The van der Waals surface area contributed by atoms with E-state index < -0.39 is 23.5 Å². The van der Waals surface area contributed by atoms with Crippen molar-refractivity contribution in [1.29, 1.82) is 0 Å². The number of methoxy groups -OCH3 is 1. The Morgan fingerprint density at radius 1 is 0.912 bits per heavy atom. The summed E-state index contributed by atoms with van der Waals surface area (Å²) in [6.07, 6.45) is 0. The molecule has 34 heavy (non-hydrogen) atoms. The van der Waals surface area contributed by atoms with Crippen LogP contribution in [0.15, 0.2) is 60.2 Å². The fourth-order valence-corrected chi connectivity index (χ4v) is 4.87. The number of hydrogen-bond donors (Lipinski definition) is 1. The lowest BCUT2D eigenvalue weighted by molar-refractivity contribution is -0.132. The number of hydrogen-bond acceptors (Lipinski definition) is 4. The van der Waals surface area contributed by atoms with E-state index >= 15 is 0 Å². The second kappa shape index (κ2) is 9.51. The van der Waals surface area contributed by atoms with Crippen LogP contribution in [0.1, 0.15) is 22.7 Å². The first-order valence-electron chi connectivity index (χ1n) is 10.00. The van der Waals surface area contributed by atoms with Gasteiger partial charge in [-0.15, -0.1) is 0 Å². The number of aliphatic hydroxyl groups excluding tert-OH is 1. The molecule has 174 valence electrons. The Hall–Kier alpha value is -2.70. The molecule has 3 aromatic carbocycles. The predicted molar refractivity (Wildman–Crippen MR) is 135 cm³/mol. The topological polar surface area (TPSA) is 66.8 Å². The molecule has 0 saturated carbocycles. The van der Waals surface area contributed by atoms with Crippen molar-refractivity contribution in [2.75, 3.05) is 12.0 Å². The summed E-state index contributed by atoms with van der Waals surface area (Å²) in [4.78, 5) is 27.8.